The molecular weight excluding hydrogens is 182 g/mol. The topological polar surface area (TPSA) is 81.1 Å². The highest BCUT2D eigenvalue weighted by atomic mass is 35.5. The van der Waals surface area contributed by atoms with E-state index in [9.17, 15) is 4.79 Å². The first-order valence-electron chi connectivity index (χ1n) is 3.11. The van der Waals surface area contributed by atoms with Gasteiger partial charge in [0.2, 0.25) is 0 Å². The molecule has 6 heteroatoms. The van der Waals surface area contributed by atoms with Crippen molar-refractivity contribution in [3.63, 3.8) is 0 Å². The van der Waals surface area contributed by atoms with E-state index in [2.05, 4.69) is 5.10 Å². The number of carbonyl (C=O) groups is 1. The van der Waals surface area contributed by atoms with Crippen LogP contribution in [-0.4, -0.2) is 20.9 Å². The van der Waals surface area contributed by atoms with E-state index < -0.39 is 5.97 Å². The molecule has 0 aliphatic carbocycles. The normalized spacial score (nSPS) is 9.08. The summed E-state index contributed by atoms with van der Waals surface area (Å²) in [5.74, 6) is -0.569. The Balaban J connectivity index is 0.00000121. The number of carboxylic acids is 1. The Bertz CT molecular complexity index is 284. The van der Waals surface area contributed by atoms with Crippen molar-refractivity contribution in [3.05, 3.63) is 11.8 Å². The predicted octanol–water partition coefficient (Wildman–Crippen LogP) is 0.280. The van der Waals surface area contributed by atoms with Gasteiger partial charge in [0.1, 0.15) is 12.4 Å². The van der Waals surface area contributed by atoms with Crippen molar-refractivity contribution in [1.29, 1.82) is 0 Å². The molecule has 0 saturated heterocycles. The molecule has 1 aromatic heterocycles. The van der Waals surface area contributed by atoms with Crippen LogP contribution in [0, 0.1) is 6.92 Å². The molecule has 0 aliphatic rings. The van der Waals surface area contributed by atoms with Crippen LogP contribution in [0.1, 0.15) is 5.69 Å². The second-order valence-corrected chi connectivity index (χ2v) is 2.26. The Morgan fingerprint density at radius 1 is 1.83 bits per heavy atom. The van der Waals surface area contributed by atoms with E-state index in [-0.39, 0.29) is 19.0 Å². The van der Waals surface area contributed by atoms with E-state index in [1.807, 2.05) is 0 Å². The minimum atomic E-state index is -0.920. The highest BCUT2D eigenvalue weighted by molar-refractivity contribution is 5.85. The number of carboxylic acid groups (broad SMARTS) is 1. The first-order chi connectivity index (χ1) is 5.09. The third kappa shape index (κ3) is 2.43. The molecule has 0 aromatic carbocycles. The van der Waals surface area contributed by atoms with Crippen LogP contribution in [0.3, 0.4) is 0 Å². The van der Waals surface area contributed by atoms with Crippen molar-refractivity contribution in [2.75, 3.05) is 5.73 Å². The van der Waals surface area contributed by atoms with Crippen molar-refractivity contribution >= 4 is 24.2 Å². The van der Waals surface area contributed by atoms with E-state index in [1.54, 1.807) is 13.0 Å². The summed E-state index contributed by atoms with van der Waals surface area (Å²) in [6.07, 6.45) is 0. The molecule has 0 spiro atoms. The minimum Gasteiger partial charge on any atom is -0.480 e. The lowest BCUT2D eigenvalue weighted by Crippen LogP contribution is -2.11. The van der Waals surface area contributed by atoms with Crippen molar-refractivity contribution in [1.82, 2.24) is 9.78 Å². The molecular formula is C6H10ClN3O2. The molecule has 68 valence electrons. The smallest absolute Gasteiger partial charge is 0.325 e. The quantitative estimate of drug-likeness (QED) is 0.704. The van der Waals surface area contributed by atoms with Crippen LogP contribution in [0.2, 0.25) is 0 Å². The number of aromatic nitrogens is 2. The first kappa shape index (κ1) is 10.8. The molecule has 0 amide bonds. The van der Waals surface area contributed by atoms with Crippen LogP contribution >= 0.6 is 12.4 Å². The fourth-order valence-corrected chi connectivity index (χ4v) is 0.824. The fourth-order valence-electron chi connectivity index (χ4n) is 0.824. The van der Waals surface area contributed by atoms with Gasteiger partial charge in [0, 0.05) is 11.8 Å². The van der Waals surface area contributed by atoms with E-state index in [0.29, 0.717) is 5.82 Å². The number of hydrogen-bond acceptors (Lipinski definition) is 3. The second-order valence-electron chi connectivity index (χ2n) is 2.26. The van der Waals surface area contributed by atoms with Crippen LogP contribution in [0.25, 0.3) is 0 Å². The Hall–Kier alpha value is -1.23. The summed E-state index contributed by atoms with van der Waals surface area (Å²) in [6, 6.07) is 1.63. The maximum atomic E-state index is 10.2. The summed E-state index contributed by atoms with van der Waals surface area (Å²) in [4.78, 5) is 10.2. The molecule has 5 nitrogen and oxygen atoms in total. The molecule has 0 atom stereocenters. The SMILES string of the molecule is Cc1cc(N)nn1CC(=O)O.Cl. The van der Waals surface area contributed by atoms with Gasteiger partial charge in [-0.25, -0.2) is 0 Å². The van der Waals surface area contributed by atoms with E-state index in [1.165, 1.54) is 4.68 Å². The Kier molecular flexibility index (Phi) is 3.56. The lowest BCUT2D eigenvalue weighted by molar-refractivity contribution is -0.137. The Labute approximate surface area is 75.6 Å². The van der Waals surface area contributed by atoms with Gasteiger partial charge in [0.25, 0.3) is 0 Å². The molecule has 0 radical (unpaired) electrons. The highest BCUT2D eigenvalue weighted by Gasteiger charge is 2.04. The van der Waals surface area contributed by atoms with Gasteiger partial charge in [0.15, 0.2) is 0 Å². The second kappa shape index (κ2) is 3.96. The summed E-state index contributed by atoms with van der Waals surface area (Å²) in [5.41, 5.74) is 6.08. The summed E-state index contributed by atoms with van der Waals surface area (Å²) in [7, 11) is 0. The van der Waals surface area contributed by atoms with Crippen LogP contribution in [0.4, 0.5) is 5.82 Å². The monoisotopic (exact) mass is 191 g/mol. The molecule has 0 fully saturated rings. The number of aryl methyl sites for hydroxylation is 1. The summed E-state index contributed by atoms with van der Waals surface area (Å²) < 4.78 is 1.34. The number of hydrogen-bond donors (Lipinski definition) is 2. The van der Waals surface area contributed by atoms with Crippen LogP contribution in [0.5, 0.6) is 0 Å². The Morgan fingerprint density at radius 2 is 2.42 bits per heavy atom. The Morgan fingerprint density at radius 3 is 2.75 bits per heavy atom. The first-order valence-corrected chi connectivity index (χ1v) is 3.11. The minimum absolute atomic E-state index is 0. The summed E-state index contributed by atoms with van der Waals surface area (Å²) in [5, 5.41) is 12.2. The van der Waals surface area contributed by atoms with E-state index >= 15 is 0 Å². The molecule has 0 unspecified atom stereocenters. The van der Waals surface area contributed by atoms with Gasteiger partial charge in [0.05, 0.1) is 0 Å². The van der Waals surface area contributed by atoms with E-state index in [4.69, 9.17) is 10.8 Å². The zero-order valence-corrected chi connectivity index (χ0v) is 7.34. The van der Waals surface area contributed by atoms with E-state index in [0.717, 1.165) is 5.69 Å². The zero-order chi connectivity index (χ0) is 8.43. The van der Waals surface area contributed by atoms with Crippen molar-refractivity contribution in [3.8, 4) is 0 Å². The number of anilines is 1. The largest absolute Gasteiger partial charge is 0.480 e. The van der Waals surface area contributed by atoms with Gasteiger partial charge in [-0.05, 0) is 6.92 Å². The van der Waals surface area contributed by atoms with Gasteiger partial charge in [-0.2, -0.15) is 5.10 Å². The average Bonchev–Trinajstić information content (AvgIpc) is 2.09. The molecule has 1 rings (SSSR count). The maximum Gasteiger partial charge on any atom is 0.325 e. The van der Waals surface area contributed by atoms with Gasteiger partial charge < -0.3 is 10.8 Å². The number of rotatable bonds is 2. The average molecular weight is 192 g/mol. The molecule has 0 aliphatic heterocycles. The van der Waals surface area contributed by atoms with Crippen LogP contribution in [-0.2, 0) is 11.3 Å². The molecule has 1 heterocycles. The lowest BCUT2D eigenvalue weighted by atomic mass is 10.4. The number of aliphatic carboxylic acids is 1. The zero-order valence-electron chi connectivity index (χ0n) is 6.52. The van der Waals surface area contributed by atoms with Gasteiger partial charge in [-0.1, -0.05) is 0 Å². The molecule has 0 bridgehead atoms. The van der Waals surface area contributed by atoms with Gasteiger partial charge in [-0.3, -0.25) is 9.48 Å². The molecule has 1 aromatic rings. The van der Waals surface area contributed by atoms with Crippen LogP contribution in [0.15, 0.2) is 6.07 Å². The summed E-state index contributed by atoms with van der Waals surface area (Å²) >= 11 is 0. The number of nitrogen functional groups attached to an aromatic ring is 1. The number of nitrogens with two attached hydrogens (primary N) is 1. The molecule has 3 N–H and O–H groups in total. The van der Waals surface area contributed by atoms with Crippen molar-refractivity contribution in [2.24, 2.45) is 0 Å². The predicted molar refractivity (Wildman–Crippen MR) is 46.3 cm³/mol. The van der Waals surface area contributed by atoms with Crippen molar-refractivity contribution in [2.45, 2.75) is 13.5 Å². The molecule has 0 saturated carbocycles. The number of nitrogens with zero attached hydrogens (tertiary/aromatic N) is 2. The molecule has 12 heavy (non-hydrogen) atoms. The standard InChI is InChI=1S/C6H9N3O2.ClH/c1-4-2-5(7)8-9(4)3-6(10)11;/h2H,3H2,1H3,(H2,7,8)(H,10,11);1H. The third-order valence-electron chi connectivity index (χ3n) is 1.29. The van der Waals surface area contributed by atoms with Gasteiger partial charge >= 0.3 is 5.97 Å². The highest BCUT2D eigenvalue weighted by Crippen LogP contribution is 2.03. The maximum absolute atomic E-state index is 10.2. The fraction of sp³-hybridized carbons (Fsp3) is 0.333. The van der Waals surface area contributed by atoms with Crippen molar-refractivity contribution < 1.29 is 9.90 Å². The third-order valence-corrected chi connectivity index (χ3v) is 1.29. The number of halogens is 1. The lowest BCUT2D eigenvalue weighted by Gasteiger charge is -1.97. The van der Waals surface area contributed by atoms with Gasteiger partial charge in [-0.15, -0.1) is 12.4 Å². The summed E-state index contributed by atoms with van der Waals surface area (Å²) in [6.45, 7) is 1.62. The van der Waals surface area contributed by atoms with Crippen LogP contribution < -0.4 is 5.73 Å².